The number of para-hydroxylation sites is 1. The Labute approximate surface area is 87.1 Å². The zero-order valence-corrected chi connectivity index (χ0v) is 9.30. The van der Waals surface area contributed by atoms with Gasteiger partial charge in [-0.15, -0.1) is 0 Å². The molecule has 1 aliphatic heterocycles. The number of hydrogen-bond donors (Lipinski definition) is 0. The Balaban J connectivity index is 2.06. The van der Waals surface area contributed by atoms with Gasteiger partial charge >= 0.3 is 6.80 Å². The van der Waals surface area contributed by atoms with Crippen LogP contribution in [0.25, 0.3) is 0 Å². The SMILES string of the molecule is O=[P@]1(Oc2ccccc2)OCCCS1. The zero-order valence-electron chi connectivity index (χ0n) is 7.59. The molecule has 14 heavy (non-hydrogen) atoms. The van der Waals surface area contributed by atoms with Crippen molar-refractivity contribution in [3.05, 3.63) is 30.3 Å². The van der Waals surface area contributed by atoms with Gasteiger partial charge in [0.2, 0.25) is 0 Å². The smallest absolute Gasteiger partial charge is 0.417 e. The lowest BCUT2D eigenvalue weighted by atomic mass is 10.3. The highest BCUT2D eigenvalue weighted by atomic mass is 32.7. The summed E-state index contributed by atoms with van der Waals surface area (Å²) in [6.07, 6.45) is 0.937. The minimum Gasteiger partial charge on any atom is -0.417 e. The fourth-order valence-corrected chi connectivity index (χ4v) is 4.42. The lowest BCUT2D eigenvalue weighted by Gasteiger charge is -2.21. The number of rotatable bonds is 2. The van der Waals surface area contributed by atoms with Gasteiger partial charge < -0.3 is 4.52 Å². The van der Waals surface area contributed by atoms with Gasteiger partial charge in [-0.1, -0.05) is 18.2 Å². The third-order valence-corrected chi connectivity index (χ3v) is 5.50. The molecular formula is C9H11O3PS. The highest BCUT2D eigenvalue weighted by molar-refractivity contribution is 8.55. The molecule has 1 aromatic carbocycles. The third kappa shape index (κ3) is 2.53. The van der Waals surface area contributed by atoms with Crippen molar-refractivity contribution in [1.29, 1.82) is 0 Å². The van der Waals surface area contributed by atoms with Crippen LogP contribution >= 0.6 is 18.2 Å². The fourth-order valence-electron chi connectivity index (χ4n) is 1.11. The van der Waals surface area contributed by atoms with Crippen molar-refractivity contribution in [2.24, 2.45) is 0 Å². The summed E-state index contributed by atoms with van der Waals surface area (Å²) < 4.78 is 22.4. The van der Waals surface area contributed by atoms with E-state index in [4.69, 9.17) is 9.05 Å². The molecule has 0 aliphatic carbocycles. The van der Waals surface area contributed by atoms with E-state index >= 15 is 0 Å². The predicted octanol–water partition coefficient (Wildman–Crippen LogP) is 3.33. The highest BCUT2D eigenvalue weighted by Gasteiger charge is 2.30. The molecule has 5 heteroatoms. The van der Waals surface area contributed by atoms with Crippen LogP contribution in [0.3, 0.4) is 0 Å². The molecule has 0 radical (unpaired) electrons. The van der Waals surface area contributed by atoms with Crippen molar-refractivity contribution in [3.63, 3.8) is 0 Å². The van der Waals surface area contributed by atoms with E-state index in [0.717, 1.165) is 12.2 Å². The Kier molecular flexibility index (Phi) is 3.16. The second kappa shape index (κ2) is 4.39. The molecule has 1 saturated heterocycles. The van der Waals surface area contributed by atoms with E-state index in [-0.39, 0.29) is 0 Å². The van der Waals surface area contributed by atoms with Gasteiger partial charge in [0.25, 0.3) is 0 Å². The molecule has 1 atom stereocenters. The summed E-state index contributed by atoms with van der Waals surface area (Å²) in [6.45, 7) is -2.39. The Bertz CT molecular complexity index is 331. The van der Waals surface area contributed by atoms with E-state index in [0.29, 0.717) is 12.4 Å². The van der Waals surface area contributed by atoms with Crippen molar-refractivity contribution in [2.75, 3.05) is 12.4 Å². The van der Waals surface area contributed by atoms with Crippen LogP contribution in [0.15, 0.2) is 30.3 Å². The zero-order chi connectivity index (χ0) is 9.86. The van der Waals surface area contributed by atoms with Crippen LogP contribution in [0.5, 0.6) is 5.75 Å². The molecule has 1 aliphatic rings. The molecule has 1 fully saturated rings. The van der Waals surface area contributed by atoms with Crippen molar-refractivity contribution in [1.82, 2.24) is 0 Å². The monoisotopic (exact) mass is 230 g/mol. The quantitative estimate of drug-likeness (QED) is 0.730. The van der Waals surface area contributed by atoms with E-state index in [1.54, 1.807) is 12.1 Å². The second-order valence-corrected chi connectivity index (χ2v) is 6.99. The van der Waals surface area contributed by atoms with Gasteiger partial charge in [-0.25, -0.2) is 4.57 Å². The van der Waals surface area contributed by atoms with Crippen molar-refractivity contribution in [3.8, 4) is 5.75 Å². The molecule has 0 aromatic heterocycles. The van der Waals surface area contributed by atoms with Gasteiger partial charge in [-0.05, 0) is 29.9 Å². The summed E-state index contributed by atoms with van der Waals surface area (Å²) >= 11 is 1.27. The van der Waals surface area contributed by atoms with E-state index in [1.807, 2.05) is 18.2 Å². The maximum absolute atomic E-state index is 11.9. The van der Waals surface area contributed by atoms with E-state index < -0.39 is 6.80 Å². The number of hydrogen-bond acceptors (Lipinski definition) is 4. The van der Waals surface area contributed by atoms with Gasteiger partial charge in [0.15, 0.2) is 0 Å². The van der Waals surface area contributed by atoms with Gasteiger partial charge in [-0.2, -0.15) is 0 Å². The van der Waals surface area contributed by atoms with Crippen LogP contribution in [0, 0.1) is 0 Å². The van der Waals surface area contributed by atoms with Gasteiger partial charge in [-0.3, -0.25) is 4.52 Å². The van der Waals surface area contributed by atoms with E-state index in [2.05, 4.69) is 0 Å². The molecule has 0 spiro atoms. The summed E-state index contributed by atoms with van der Waals surface area (Å²) in [5.74, 6) is 1.44. The molecule has 0 amide bonds. The van der Waals surface area contributed by atoms with Gasteiger partial charge in [0.05, 0.1) is 6.61 Å². The summed E-state index contributed by atoms with van der Waals surface area (Å²) in [5.41, 5.74) is 0. The lowest BCUT2D eigenvalue weighted by molar-refractivity contribution is 0.277. The largest absolute Gasteiger partial charge is 0.440 e. The lowest BCUT2D eigenvalue weighted by Crippen LogP contribution is -2.04. The number of benzene rings is 1. The van der Waals surface area contributed by atoms with Crippen LogP contribution in [0.2, 0.25) is 0 Å². The Morgan fingerprint density at radius 3 is 2.79 bits per heavy atom. The van der Waals surface area contributed by atoms with Crippen LogP contribution in [-0.4, -0.2) is 12.4 Å². The molecule has 1 aromatic rings. The van der Waals surface area contributed by atoms with Crippen molar-refractivity contribution >= 4 is 18.2 Å². The Hall–Kier alpha value is -0.440. The fraction of sp³-hybridized carbons (Fsp3) is 0.333. The first-order chi connectivity index (χ1) is 6.79. The van der Waals surface area contributed by atoms with E-state index in [9.17, 15) is 4.57 Å². The summed E-state index contributed by atoms with van der Waals surface area (Å²) in [4.78, 5) is 0. The van der Waals surface area contributed by atoms with Crippen LogP contribution < -0.4 is 4.52 Å². The van der Waals surface area contributed by atoms with Crippen molar-refractivity contribution < 1.29 is 13.6 Å². The molecular weight excluding hydrogens is 219 g/mol. The average Bonchev–Trinajstić information content (AvgIpc) is 2.19. The molecule has 76 valence electrons. The van der Waals surface area contributed by atoms with Crippen molar-refractivity contribution in [2.45, 2.75) is 6.42 Å². The topological polar surface area (TPSA) is 35.5 Å². The van der Waals surface area contributed by atoms with Crippen LogP contribution in [-0.2, 0) is 9.09 Å². The molecule has 0 N–H and O–H groups in total. The van der Waals surface area contributed by atoms with E-state index in [1.165, 1.54) is 11.4 Å². The summed E-state index contributed by atoms with van der Waals surface area (Å²) in [6, 6.07) is 9.13. The third-order valence-electron chi connectivity index (χ3n) is 1.75. The summed E-state index contributed by atoms with van der Waals surface area (Å²) in [5, 5.41) is 0. The Morgan fingerprint density at radius 2 is 2.14 bits per heavy atom. The molecule has 0 saturated carbocycles. The predicted molar refractivity (Wildman–Crippen MR) is 57.7 cm³/mol. The first-order valence-electron chi connectivity index (χ1n) is 4.42. The minimum atomic E-state index is -2.92. The van der Waals surface area contributed by atoms with Crippen LogP contribution in [0.4, 0.5) is 0 Å². The van der Waals surface area contributed by atoms with Gasteiger partial charge in [0, 0.05) is 5.75 Å². The Morgan fingerprint density at radius 1 is 1.36 bits per heavy atom. The first-order valence-corrected chi connectivity index (χ1v) is 7.56. The summed E-state index contributed by atoms with van der Waals surface area (Å²) in [7, 11) is 0. The average molecular weight is 230 g/mol. The minimum absolute atomic E-state index is 0.525. The maximum atomic E-state index is 11.9. The molecule has 3 nitrogen and oxygen atoms in total. The first kappa shape index (κ1) is 10.1. The molecule has 2 rings (SSSR count). The van der Waals surface area contributed by atoms with Gasteiger partial charge in [0.1, 0.15) is 5.75 Å². The normalized spacial score (nSPS) is 27.1. The standard InChI is InChI=1S/C9H11O3PS/c10-13(11-7-4-8-14-13)12-9-5-2-1-3-6-9/h1-3,5-6H,4,7-8H2/t13-/m1/s1. The van der Waals surface area contributed by atoms with Crippen LogP contribution in [0.1, 0.15) is 6.42 Å². The molecule has 0 unspecified atom stereocenters. The second-order valence-electron chi connectivity index (χ2n) is 2.87. The molecule has 0 bridgehead atoms. The maximum Gasteiger partial charge on any atom is 0.440 e. The highest BCUT2D eigenvalue weighted by Crippen LogP contribution is 2.62. The molecule has 1 heterocycles.